The Morgan fingerprint density at radius 2 is 2.18 bits per heavy atom. The number of nitrogens with one attached hydrogen (secondary N) is 2. The summed E-state index contributed by atoms with van der Waals surface area (Å²) in [5.41, 5.74) is 0.158. The van der Waals surface area contributed by atoms with Crippen LogP contribution in [0.25, 0.3) is 0 Å². The van der Waals surface area contributed by atoms with Crippen LogP contribution in [-0.2, 0) is 4.79 Å². The van der Waals surface area contributed by atoms with Gasteiger partial charge in [-0.2, -0.15) is 0 Å². The molecule has 2 rings (SSSR count). The van der Waals surface area contributed by atoms with Gasteiger partial charge in [0.05, 0.1) is 11.5 Å². The molecule has 0 saturated carbocycles. The quantitative estimate of drug-likeness (QED) is 0.637. The zero-order valence-corrected chi connectivity index (χ0v) is 12.7. The van der Waals surface area contributed by atoms with Gasteiger partial charge >= 0.3 is 0 Å². The van der Waals surface area contributed by atoms with Crippen molar-refractivity contribution in [3.05, 3.63) is 34.4 Å². The Hall–Kier alpha value is -1.99. The van der Waals surface area contributed by atoms with Crippen LogP contribution >= 0.6 is 0 Å². The lowest BCUT2D eigenvalue weighted by atomic mass is 10.1. The van der Waals surface area contributed by atoms with Crippen LogP contribution < -0.4 is 10.6 Å². The van der Waals surface area contributed by atoms with Crippen molar-refractivity contribution in [1.82, 2.24) is 10.2 Å². The first-order valence-electron chi connectivity index (χ1n) is 7.52. The zero-order valence-electron chi connectivity index (χ0n) is 12.7. The van der Waals surface area contributed by atoms with E-state index in [1.54, 1.807) is 18.2 Å². The lowest BCUT2D eigenvalue weighted by Crippen LogP contribution is -2.38. The van der Waals surface area contributed by atoms with Gasteiger partial charge in [-0.3, -0.25) is 19.8 Å². The second-order valence-corrected chi connectivity index (χ2v) is 5.57. The minimum Gasteiger partial charge on any atom is -0.319 e. The maximum Gasteiger partial charge on any atom is 0.292 e. The molecule has 1 saturated heterocycles. The van der Waals surface area contributed by atoms with Gasteiger partial charge in [-0.15, -0.1) is 0 Å². The van der Waals surface area contributed by atoms with Gasteiger partial charge in [-0.05, 0) is 45.5 Å². The summed E-state index contributed by atoms with van der Waals surface area (Å²) in [4.78, 5) is 24.6. The highest BCUT2D eigenvalue weighted by atomic mass is 16.6. The first-order chi connectivity index (χ1) is 10.6. The molecule has 1 amide bonds. The molecule has 1 aromatic carbocycles. The first kappa shape index (κ1) is 16.4. The number of hydrogen-bond donors (Lipinski definition) is 2. The van der Waals surface area contributed by atoms with E-state index in [9.17, 15) is 14.9 Å². The van der Waals surface area contributed by atoms with Crippen molar-refractivity contribution in [3.8, 4) is 0 Å². The number of benzene rings is 1. The fraction of sp³-hybridized carbons (Fsp3) is 0.533. The van der Waals surface area contributed by atoms with Crippen LogP contribution in [0.2, 0.25) is 0 Å². The third-order valence-electron chi connectivity index (χ3n) is 3.94. The minimum atomic E-state index is -0.490. The number of nitrogens with zero attached hydrogens (tertiary/aromatic N) is 2. The van der Waals surface area contributed by atoms with Crippen LogP contribution in [0.4, 0.5) is 11.4 Å². The van der Waals surface area contributed by atoms with Crippen LogP contribution in [0.1, 0.15) is 19.3 Å². The van der Waals surface area contributed by atoms with Crippen molar-refractivity contribution in [2.75, 3.05) is 32.0 Å². The van der Waals surface area contributed by atoms with Gasteiger partial charge in [-0.1, -0.05) is 12.1 Å². The lowest BCUT2D eigenvalue weighted by molar-refractivity contribution is -0.383. The maximum absolute atomic E-state index is 12.1. The molecule has 7 nitrogen and oxygen atoms in total. The van der Waals surface area contributed by atoms with Crippen LogP contribution in [0.3, 0.4) is 0 Å². The SMILES string of the molecule is CN(CC(=O)Nc1ccccc1[N+](=O)[O-])C1CCCNCC1. The van der Waals surface area contributed by atoms with Crippen LogP contribution in [0.15, 0.2) is 24.3 Å². The van der Waals surface area contributed by atoms with Crippen molar-refractivity contribution in [1.29, 1.82) is 0 Å². The molecule has 2 N–H and O–H groups in total. The third kappa shape index (κ3) is 4.51. The van der Waals surface area contributed by atoms with Gasteiger partial charge in [0.15, 0.2) is 0 Å². The highest BCUT2D eigenvalue weighted by Gasteiger charge is 2.20. The number of carbonyl (C=O) groups is 1. The topological polar surface area (TPSA) is 87.5 Å². The first-order valence-corrected chi connectivity index (χ1v) is 7.52. The standard InChI is InChI=1S/C15H22N4O3/c1-18(12-5-4-9-16-10-8-12)11-15(20)17-13-6-2-3-7-14(13)19(21)22/h2-3,6-7,12,16H,4-5,8-11H2,1H3,(H,17,20). The van der Waals surface area contributed by atoms with Gasteiger partial charge in [0, 0.05) is 12.1 Å². The molecule has 1 unspecified atom stereocenters. The number of para-hydroxylation sites is 2. The number of rotatable bonds is 5. The summed E-state index contributed by atoms with van der Waals surface area (Å²) in [6.07, 6.45) is 3.16. The Morgan fingerprint density at radius 1 is 1.41 bits per heavy atom. The fourth-order valence-corrected chi connectivity index (χ4v) is 2.73. The number of likely N-dealkylation sites (N-methyl/N-ethyl adjacent to an activating group) is 1. The largest absolute Gasteiger partial charge is 0.319 e. The average molecular weight is 306 g/mol. The summed E-state index contributed by atoms with van der Waals surface area (Å²) in [7, 11) is 1.93. The van der Waals surface area contributed by atoms with Crippen molar-refractivity contribution < 1.29 is 9.72 Å². The molecule has 0 radical (unpaired) electrons. The summed E-state index contributed by atoms with van der Waals surface area (Å²) in [5, 5.41) is 16.9. The van der Waals surface area contributed by atoms with Crippen molar-refractivity contribution in [3.63, 3.8) is 0 Å². The lowest BCUT2D eigenvalue weighted by Gasteiger charge is -2.26. The summed E-state index contributed by atoms with van der Waals surface area (Å²) in [5.74, 6) is -0.228. The molecule has 22 heavy (non-hydrogen) atoms. The molecule has 1 aliphatic heterocycles. The second-order valence-electron chi connectivity index (χ2n) is 5.57. The number of anilines is 1. The van der Waals surface area contributed by atoms with Crippen molar-refractivity contribution >= 4 is 17.3 Å². The predicted molar refractivity (Wildman–Crippen MR) is 84.9 cm³/mol. The second kappa shape index (κ2) is 7.86. The minimum absolute atomic E-state index is 0.0860. The molecule has 1 aliphatic rings. The number of carbonyl (C=O) groups excluding carboxylic acids is 1. The monoisotopic (exact) mass is 306 g/mol. The van der Waals surface area contributed by atoms with E-state index in [-0.39, 0.29) is 23.8 Å². The predicted octanol–water partition coefficient (Wildman–Crippen LogP) is 1.61. The summed E-state index contributed by atoms with van der Waals surface area (Å²) >= 11 is 0. The Morgan fingerprint density at radius 3 is 2.95 bits per heavy atom. The van der Waals surface area contributed by atoms with Crippen LogP contribution in [0.5, 0.6) is 0 Å². The molecule has 0 bridgehead atoms. The highest BCUT2D eigenvalue weighted by molar-refractivity contribution is 5.94. The molecule has 1 fully saturated rings. The van der Waals surface area contributed by atoms with Gasteiger partial charge in [-0.25, -0.2) is 0 Å². The number of hydrogen-bond acceptors (Lipinski definition) is 5. The van der Waals surface area contributed by atoms with E-state index >= 15 is 0 Å². The van der Waals surface area contributed by atoms with Crippen LogP contribution in [0, 0.1) is 10.1 Å². The molecule has 0 spiro atoms. The molecule has 0 aliphatic carbocycles. The number of amides is 1. The molecule has 1 aromatic rings. The Labute approximate surface area is 129 Å². The molecular formula is C15H22N4O3. The van der Waals surface area contributed by atoms with E-state index in [1.165, 1.54) is 6.07 Å². The van der Waals surface area contributed by atoms with E-state index in [4.69, 9.17) is 0 Å². The van der Waals surface area contributed by atoms with Gasteiger partial charge in [0.1, 0.15) is 5.69 Å². The van der Waals surface area contributed by atoms with E-state index < -0.39 is 4.92 Å². The third-order valence-corrected chi connectivity index (χ3v) is 3.94. The average Bonchev–Trinajstić information content (AvgIpc) is 2.76. The normalized spacial score (nSPS) is 18.7. The van der Waals surface area contributed by atoms with Crippen LogP contribution in [-0.4, -0.2) is 48.5 Å². The summed E-state index contributed by atoms with van der Waals surface area (Å²) < 4.78 is 0. The van der Waals surface area contributed by atoms with E-state index in [0.29, 0.717) is 6.04 Å². The fourth-order valence-electron chi connectivity index (χ4n) is 2.73. The zero-order chi connectivity index (χ0) is 15.9. The van der Waals surface area contributed by atoms with Crippen molar-refractivity contribution in [2.45, 2.75) is 25.3 Å². The molecule has 1 heterocycles. The Bertz CT molecular complexity index is 527. The summed E-state index contributed by atoms with van der Waals surface area (Å²) in [6, 6.07) is 6.55. The van der Waals surface area contributed by atoms with E-state index in [0.717, 1.165) is 32.4 Å². The number of nitro benzene ring substituents is 1. The van der Waals surface area contributed by atoms with Gasteiger partial charge in [0.2, 0.25) is 5.91 Å². The van der Waals surface area contributed by atoms with Gasteiger partial charge < -0.3 is 10.6 Å². The Kier molecular flexibility index (Phi) is 5.85. The Balaban J connectivity index is 1.93. The highest BCUT2D eigenvalue weighted by Crippen LogP contribution is 2.23. The van der Waals surface area contributed by atoms with E-state index in [2.05, 4.69) is 10.6 Å². The van der Waals surface area contributed by atoms with Crippen molar-refractivity contribution in [2.24, 2.45) is 0 Å². The molecule has 1 atom stereocenters. The molecular weight excluding hydrogens is 284 g/mol. The maximum atomic E-state index is 12.1. The molecule has 7 heteroatoms. The molecule has 0 aromatic heterocycles. The summed E-state index contributed by atoms with van der Waals surface area (Å²) in [6.45, 7) is 2.21. The smallest absolute Gasteiger partial charge is 0.292 e. The number of nitro groups is 1. The van der Waals surface area contributed by atoms with E-state index in [1.807, 2.05) is 11.9 Å². The van der Waals surface area contributed by atoms with Gasteiger partial charge in [0.25, 0.3) is 5.69 Å². The molecule has 120 valence electrons.